The van der Waals surface area contributed by atoms with Gasteiger partial charge in [0.15, 0.2) is 6.61 Å². The SMILES string of the molecule is COc1ccc(C(C)(C)C)cc1NC(=O)COC(=O)c1ccccc1SCc1c(C)noc1C. The number of nitrogens with zero attached hydrogens (tertiary/aromatic N) is 1. The Morgan fingerprint density at radius 3 is 2.50 bits per heavy atom. The highest BCUT2D eigenvalue weighted by molar-refractivity contribution is 7.98. The maximum absolute atomic E-state index is 12.8. The van der Waals surface area contributed by atoms with E-state index in [0.717, 1.165) is 27.5 Å². The molecule has 1 N–H and O–H groups in total. The van der Waals surface area contributed by atoms with Crippen LogP contribution < -0.4 is 10.1 Å². The number of ether oxygens (including phenoxy) is 2. The molecule has 180 valence electrons. The molecule has 0 aliphatic heterocycles. The molecule has 0 radical (unpaired) electrons. The number of aromatic nitrogens is 1. The number of nitrogens with one attached hydrogen (secondary N) is 1. The highest BCUT2D eigenvalue weighted by atomic mass is 32.2. The molecule has 8 heteroatoms. The predicted octanol–water partition coefficient (Wildman–Crippen LogP) is 5.69. The molecule has 3 aromatic rings. The van der Waals surface area contributed by atoms with Crippen molar-refractivity contribution in [1.29, 1.82) is 0 Å². The van der Waals surface area contributed by atoms with E-state index in [-0.39, 0.29) is 5.41 Å². The maximum atomic E-state index is 12.8. The molecule has 0 saturated carbocycles. The lowest BCUT2D eigenvalue weighted by molar-refractivity contribution is -0.119. The summed E-state index contributed by atoms with van der Waals surface area (Å²) in [4.78, 5) is 26.1. The average Bonchev–Trinajstić information content (AvgIpc) is 3.12. The molecule has 34 heavy (non-hydrogen) atoms. The Morgan fingerprint density at radius 1 is 1.12 bits per heavy atom. The van der Waals surface area contributed by atoms with Gasteiger partial charge in [0.25, 0.3) is 5.91 Å². The van der Waals surface area contributed by atoms with Crippen LogP contribution in [0.15, 0.2) is 51.9 Å². The van der Waals surface area contributed by atoms with Crippen molar-refractivity contribution in [2.24, 2.45) is 0 Å². The van der Waals surface area contributed by atoms with E-state index in [4.69, 9.17) is 14.0 Å². The smallest absolute Gasteiger partial charge is 0.339 e. The van der Waals surface area contributed by atoms with Crippen LogP contribution in [0.2, 0.25) is 0 Å². The minimum absolute atomic E-state index is 0.0941. The Hall–Kier alpha value is -3.26. The van der Waals surface area contributed by atoms with Crippen molar-refractivity contribution < 1.29 is 23.6 Å². The van der Waals surface area contributed by atoms with Crippen molar-refractivity contribution in [2.45, 2.75) is 50.7 Å². The van der Waals surface area contributed by atoms with Gasteiger partial charge in [0.05, 0.1) is 24.1 Å². The van der Waals surface area contributed by atoms with Gasteiger partial charge in [-0.1, -0.05) is 44.1 Å². The number of amides is 1. The molecule has 0 bridgehead atoms. The van der Waals surface area contributed by atoms with Crippen molar-refractivity contribution in [3.63, 3.8) is 0 Å². The second-order valence-electron chi connectivity index (χ2n) is 8.88. The quantitative estimate of drug-likeness (QED) is 0.326. The van der Waals surface area contributed by atoms with Crippen LogP contribution in [-0.4, -0.2) is 30.7 Å². The first kappa shape index (κ1) is 25.4. The predicted molar refractivity (Wildman–Crippen MR) is 133 cm³/mol. The van der Waals surface area contributed by atoms with E-state index in [1.807, 2.05) is 44.2 Å². The van der Waals surface area contributed by atoms with Gasteiger partial charge in [0.1, 0.15) is 11.5 Å². The lowest BCUT2D eigenvalue weighted by Gasteiger charge is -2.21. The van der Waals surface area contributed by atoms with Gasteiger partial charge in [-0.15, -0.1) is 11.8 Å². The molecule has 3 rings (SSSR count). The fourth-order valence-corrected chi connectivity index (χ4v) is 4.48. The average molecular weight is 483 g/mol. The van der Waals surface area contributed by atoms with Gasteiger partial charge < -0.3 is 19.3 Å². The number of hydrogen-bond donors (Lipinski definition) is 1. The molecule has 0 unspecified atom stereocenters. The summed E-state index contributed by atoms with van der Waals surface area (Å²) in [6.07, 6.45) is 0. The summed E-state index contributed by atoms with van der Waals surface area (Å²) in [5.41, 5.74) is 3.71. The Morgan fingerprint density at radius 2 is 1.85 bits per heavy atom. The molecule has 1 amide bonds. The molecule has 0 aliphatic rings. The number of thioether (sulfide) groups is 1. The number of aryl methyl sites for hydroxylation is 2. The Labute approximate surface area is 204 Å². The lowest BCUT2D eigenvalue weighted by atomic mass is 9.87. The fourth-order valence-electron chi connectivity index (χ4n) is 3.29. The van der Waals surface area contributed by atoms with Gasteiger partial charge in [-0.2, -0.15) is 0 Å². The third kappa shape index (κ3) is 6.20. The maximum Gasteiger partial charge on any atom is 0.339 e. The molecule has 2 aromatic carbocycles. The molecule has 7 nitrogen and oxygen atoms in total. The minimum atomic E-state index is -0.563. The van der Waals surface area contributed by atoms with Crippen LogP contribution in [0, 0.1) is 13.8 Å². The third-order valence-electron chi connectivity index (χ3n) is 5.33. The molecular formula is C26H30N2O5S. The van der Waals surface area contributed by atoms with Crippen LogP contribution in [0.5, 0.6) is 5.75 Å². The van der Waals surface area contributed by atoms with E-state index < -0.39 is 18.5 Å². The van der Waals surface area contributed by atoms with Crippen molar-refractivity contribution >= 4 is 29.3 Å². The Kier molecular flexibility index (Phi) is 8.04. The zero-order chi connectivity index (χ0) is 24.9. The molecule has 0 spiro atoms. The molecule has 1 aromatic heterocycles. The molecule has 1 heterocycles. The summed E-state index contributed by atoms with van der Waals surface area (Å²) < 4.78 is 15.9. The first-order valence-corrected chi connectivity index (χ1v) is 11.9. The van der Waals surface area contributed by atoms with Gasteiger partial charge in [0, 0.05) is 16.2 Å². The normalized spacial score (nSPS) is 11.2. The number of anilines is 1. The number of rotatable bonds is 8. The summed E-state index contributed by atoms with van der Waals surface area (Å²) in [5.74, 6) is 0.892. The standard InChI is InChI=1S/C26H30N2O5S/c1-16-20(17(2)33-28-16)15-34-23-10-8-7-9-19(23)25(30)32-14-24(29)27-21-13-18(26(3,4)5)11-12-22(21)31-6/h7-13H,14-15H2,1-6H3,(H,27,29). The van der Waals surface area contributed by atoms with Crippen molar-refractivity contribution in [1.82, 2.24) is 5.16 Å². The summed E-state index contributed by atoms with van der Waals surface area (Å²) in [7, 11) is 1.54. The molecule has 0 aliphatic carbocycles. The highest BCUT2D eigenvalue weighted by Crippen LogP contribution is 2.32. The van der Waals surface area contributed by atoms with E-state index in [9.17, 15) is 9.59 Å². The van der Waals surface area contributed by atoms with Gasteiger partial charge in [-0.3, -0.25) is 4.79 Å². The van der Waals surface area contributed by atoms with E-state index in [1.165, 1.54) is 11.8 Å². The number of methoxy groups -OCH3 is 1. The Balaban J connectivity index is 1.65. The van der Waals surface area contributed by atoms with Crippen molar-refractivity contribution in [3.8, 4) is 5.75 Å². The highest BCUT2D eigenvalue weighted by Gasteiger charge is 2.19. The number of benzene rings is 2. The van der Waals surface area contributed by atoms with Crippen LogP contribution in [0.3, 0.4) is 0 Å². The summed E-state index contributed by atoms with van der Waals surface area (Å²) in [5, 5.41) is 6.75. The van der Waals surface area contributed by atoms with Crippen LogP contribution in [-0.2, 0) is 20.7 Å². The second kappa shape index (κ2) is 10.8. The number of carbonyl (C=O) groups is 2. The molecule has 0 atom stereocenters. The lowest BCUT2D eigenvalue weighted by Crippen LogP contribution is -2.22. The molecule has 0 fully saturated rings. The van der Waals surface area contributed by atoms with Crippen LogP contribution in [0.4, 0.5) is 5.69 Å². The monoisotopic (exact) mass is 482 g/mol. The van der Waals surface area contributed by atoms with Crippen molar-refractivity contribution in [3.05, 3.63) is 70.6 Å². The largest absolute Gasteiger partial charge is 0.495 e. The van der Waals surface area contributed by atoms with E-state index >= 15 is 0 Å². The zero-order valence-electron chi connectivity index (χ0n) is 20.4. The van der Waals surface area contributed by atoms with Gasteiger partial charge >= 0.3 is 5.97 Å². The topological polar surface area (TPSA) is 90.7 Å². The van der Waals surface area contributed by atoms with E-state index in [1.54, 1.807) is 19.2 Å². The summed E-state index contributed by atoms with van der Waals surface area (Å²) in [6.45, 7) is 9.60. The summed E-state index contributed by atoms with van der Waals surface area (Å²) in [6, 6.07) is 12.8. The first-order chi connectivity index (χ1) is 16.1. The van der Waals surface area contributed by atoms with Crippen LogP contribution in [0.1, 0.15) is 53.7 Å². The van der Waals surface area contributed by atoms with Crippen LogP contribution >= 0.6 is 11.8 Å². The van der Waals surface area contributed by atoms with Gasteiger partial charge in [-0.25, -0.2) is 4.79 Å². The molecule has 0 saturated heterocycles. The van der Waals surface area contributed by atoms with Gasteiger partial charge in [0.2, 0.25) is 0 Å². The second-order valence-corrected chi connectivity index (χ2v) is 9.89. The molecular weight excluding hydrogens is 452 g/mol. The van der Waals surface area contributed by atoms with E-state index in [2.05, 4.69) is 31.2 Å². The number of hydrogen-bond acceptors (Lipinski definition) is 7. The summed E-state index contributed by atoms with van der Waals surface area (Å²) >= 11 is 1.49. The number of carbonyl (C=O) groups excluding carboxylic acids is 2. The Bertz CT molecular complexity index is 1160. The van der Waals surface area contributed by atoms with E-state index in [0.29, 0.717) is 22.8 Å². The zero-order valence-corrected chi connectivity index (χ0v) is 21.2. The first-order valence-electron chi connectivity index (χ1n) is 10.9. The van der Waals surface area contributed by atoms with Crippen LogP contribution in [0.25, 0.3) is 0 Å². The number of esters is 1. The third-order valence-corrected chi connectivity index (χ3v) is 6.43. The van der Waals surface area contributed by atoms with Gasteiger partial charge in [-0.05, 0) is 49.1 Å². The van der Waals surface area contributed by atoms with Crippen molar-refractivity contribution in [2.75, 3.05) is 19.0 Å². The fraction of sp³-hybridized carbons (Fsp3) is 0.346. The minimum Gasteiger partial charge on any atom is -0.495 e.